The molecule has 0 saturated heterocycles. The number of para-hydroxylation sites is 2. The van der Waals surface area contributed by atoms with Crippen LogP contribution in [0.5, 0.6) is 0 Å². The van der Waals surface area contributed by atoms with Gasteiger partial charge >= 0.3 is 0 Å². The molecule has 10 aromatic rings. The predicted octanol–water partition coefficient (Wildman–Crippen LogP) is 10.6. The minimum Gasteiger partial charge on any atom is -0.455 e. The molecule has 0 fully saturated rings. The van der Waals surface area contributed by atoms with Gasteiger partial charge in [-0.3, -0.25) is 9.97 Å². The van der Waals surface area contributed by atoms with E-state index in [0.29, 0.717) is 17.5 Å². The van der Waals surface area contributed by atoms with E-state index in [4.69, 9.17) is 24.4 Å². The van der Waals surface area contributed by atoms with E-state index >= 15 is 0 Å². The molecule has 0 amide bonds. The fourth-order valence-electron chi connectivity index (χ4n) is 6.86. The van der Waals surface area contributed by atoms with E-state index in [1.807, 2.05) is 42.5 Å². The van der Waals surface area contributed by atoms with Gasteiger partial charge in [0.2, 0.25) is 0 Å². The summed E-state index contributed by atoms with van der Waals surface area (Å²) in [7, 11) is 0. The lowest BCUT2D eigenvalue weighted by Gasteiger charge is -2.12. The molecular formula is C44H26N6O. The Hall–Kier alpha value is -7.12. The molecule has 10 rings (SSSR count). The molecule has 238 valence electrons. The lowest BCUT2D eigenvalue weighted by Crippen LogP contribution is -2.00. The second-order valence-corrected chi connectivity index (χ2v) is 12.4. The zero-order valence-electron chi connectivity index (χ0n) is 27.1. The van der Waals surface area contributed by atoms with Gasteiger partial charge in [-0.2, -0.15) is 0 Å². The number of furan rings is 1. The van der Waals surface area contributed by atoms with Gasteiger partial charge in [-0.15, -0.1) is 0 Å². The zero-order chi connectivity index (χ0) is 33.7. The number of nitrogens with zero attached hydrogens (tertiary/aromatic N) is 6. The van der Waals surface area contributed by atoms with Gasteiger partial charge in [0.15, 0.2) is 17.5 Å². The van der Waals surface area contributed by atoms with Crippen LogP contribution in [0.15, 0.2) is 163 Å². The van der Waals surface area contributed by atoms with Crippen LogP contribution in [0.4, 0.5) is 0 Å². The first-order chi connectivity index (χ1) is 25.3. The average molecular weight is 655 g/mol. The molecule has 0 unspecified atom stereocenters. The quantitative estimate of drug-likeness (QED) is 0.171. The van der Waals surface area contributed by atoms with Crippen LogP contribution < -0.4 is 0 Å². The van der Waals surface area contributed by atoms with Crippen molar-refractivity contribution >= 4 is 43.6 Å². The Morgan fingerprint density at radius 3 is 1.65 bits per heavy atom. The van der Waals surface area contributed by atoms with Crippen LogP contribution in [0.3, 0.4) is 0 Å². The molecule has 0 aliphatic carbocycles. The maximum absolute atomic E-state index is 6.52. The van der Waals surface area contributed by atoms with Crippen LogP contribution in [0.25, 0.3) is 100 Å². The number of fused-ring (bicyclic) bond motifs is 7. The van der Waals surface area contributed by atoms with Crippen LogP contribution in [0.1, 0.15) is 0 Å². The van der Waals surface area contributed by atoms with Crippen molar-refractivity contribution in [1.82, 2.24) is 29.9 Å². The van der Waals surface area contributed by atoms with Gasteiger partial charge in [-0.1, -0.05) is 84.9 Å². The number of hydrogen-bond acceptors (Lipinski definition) is 7. The summed E-state index contributed by atoms with van der Waals surface area (Å²) in [6.07, 6.45) is 6.96. The summed E-state index contributed by atoms with van der Waals surface area (Å²) >= 11 is 0. The smallest absolute Gasteiger partial charge is 0.164 e. The maximum Gasteiger partial charge on any atom is 0.164 e. The number of pyridine rings is 3. The van der Waals surface area contributed by atoms with Crippen LogP contribution in [0.2, 0.25) is 0 Å². The Morgan fingerprint density at radius 1 is 0.373 bits per heavy atom. The number of rotatable bonds is 5. The number of hydrogen-bond donors (Lipinski definition) is 0. The van der Waals surface area contributed by atoms with Crippen molar-refractivity contribution in [3.05, 3.63) is 158 Å². The van der Waals surface area contributed by atoms with E-state index < -0.39 is 0 Å². The molecule has 5 aromatic carbocycles. The summed E-state index contributed by atoms with van der Waals surface area (Å²) in [5, 5.41) is 5.42. The number of benzene rings is 5. The maximum atomic E-state index is 6.52. The topological polar surface area (TPSA) is 90.5 Å². The molecule has 0 aliphatic rings. The van der Waals surface area contributed by atoms with E-state index in [1.165, 1.54) is 0 Å². The fourth-order valence-corrected chi connectivity index (χ4v) is 6.86. The van der Waals surface area contributed by atoms with E-state index in [1.54, 1.807) is 24.8 Å². The van der Waals surface area contributed by atoms with Crippen molar-refractivity contribution in [2.75, 3.05) is 0 Å². The Labute approximate surface area is 292 Å². The molecule has 0 saturated carbocycles. The van der Waals surface area contributed by atoms with Crippen LogP contribution in [0, 0.1) is 0 Å². The number of aromatic nitrogens is 6. The van der Waals surface area contributed by atoms with Crippen molar-refractivity contribution < 1.29 is 4.42 Å². The summed E-state index contributed by atoms with van der Waals surface area (Å²) in [5.41, 5.74) is 9.43. The highest BCUT2D eigenvalue weighted by molar-refractivity contribution is 6.24. The molecule has 5 aromatic heterocycles. The second-order valence-electron chi connectivity index (χ2n) is 12.4. The Balaban J connectivity index is 1.07. The Bertz CT molecular complexity index is 2850. The minimum absolute atomic E-state index is 0.584. The Morgan fingerprint density at radius 2 is 0.941 bits per heavy atom. The first kappa shape index (κ1) is 28.9. The van der Waals surface area contributed by atoms with Crippen molar-refractivity contribution in [2.24, 2.45) is 0 Å². The first-order valence-corrected chi connectivity index (χ1v) is 16.7. The molecule has 0 spiro atoms. The minimum atomic E-state index is 0.584. The first-order valence-electron chi connectivity index (χ1n) is 16.7. The Kier molecular flexibility index (Phi) is 6.67. The average Bonchev–Trinajstić information content (AvgIpc) is 3.60. The van der Waals surface area contributed by atoms with E-state index in [2.05, 4.69) is 101 Å². The molecule has 7 nitrogen and oxygen atoms in total. The highest BCUT2D eigenvalue weighted by atomic mass is 16.3. The predicted molar refractivity (Wildman–Crippen MR) is 203 cm³/mol. The normalized spacial score (nSPS) is 11.5. The van der Waals surface area contributed by atoms with Crippen molar-refractivity contribution in [3.63, 3.8) is 0 Å². The third-order valence-electron chi connectivity index (χ3n) is 9.33. The van der Waals surface area contributed by atoms with Gasteiger partial charge in [-0.25, -0.2) is 19.9 Å². The van der Waals surface area contributed by atoms with Crippen molar-refractivity contribution in [1.29, 1.82) is 0 Å². The van der Waals surface area contributed by atoms with Gasteiger partial charge < -0.3 is 4.42 Å². The molecule has 0 radical (unpaired) electrons. The van der Waals surface area contributed by atoms with E-state index in [9.17, 15) is 0 Å². The van der Waals surface area contributed by atoms with Gasteiger partial charge in [0.1, 0.15) is 11.2 Å². The fraction of sp³-hybridized carbons (Fsp3) is 0. The summed E-state index contributed by atoms with van der Waals surface area (Å²) in [4.78, 5) is 28.0. The van der Waals surface area contributed by atoms with Crippen LogP contribution in [-0.2, 0) is 0 Å². The SMILES string of the molecule is c1cc(-c2ccc(-c3nc(-c4ccncc4)nc(-c4ccncc4)n3)cc2)cc(-c2nc3ccccc3c3c2ccc2c4ccccc4oc23)c1. The van der Waals surface area contributed by atoms with Gasteiger partial charge in [-0.05, 0) is 59.7 Å². The van der Waals surface area contributed by atoms with Crippen LogP contribution in [-0.4, -0.2) is 29.9 Å². The third-order valence-corrected chi connectivity index (χ3v) is 9.33. The van der Waals surface area contributed by atoms with Crippen molar-refractivity contribution in [3.8, 4) is 56.5 Å². The zero-order valence-corrected chi connectivity index (χ0v) is 27.1. The highest BCUT2D eigenvalue weighted by Crippen LogP contribution is 2.41. The van der Waals surface area contributed by atoms with Gasteiger partial charge in [0.05, 0.1) is 11.2 Å². The van der Waals surface area contributed by atoms with Crippen LogP contribution >= 0.6 is 0 Å². The molecular weight excluding hydrogens is 629 g/mol. The summed E-state index contributed by atoms with van der Waals surface area (Å²) in [6, 6.07) is 45.4. The molecule has 0 N–H and O–H groups in total. The second kappa shape index (κ2) is 11.8. The summed E-state index contributed by atoms with van der Waals surface area (Å²) in [6.45, 7) is 0. The van der Waals surface area contributed by atoms with Gasteiger partial charge in [0.25, 0.3) is 0 Å². The molecule has 5 heterocycles. The largest absolute Gasteiger partial charge is 0.455 e. The summed E-state index contributed by atoms with van der Waals surface area (Å²) in [5.74, 6) is 1.76. The lowest BCUT2D eigenvalue weighted by atomic mass is 9.95. The molecule has 0 atom stereocenters. The monoisotopic (exact) mass is 654 g/mol. The van der Waals surface area contributed by atoms with E-state index in [-0.39, 0.29) is 0 Å². The third kappa shape index (κ3) is 4.99. The molecule has 51 heavy (non-hydrogen) atoms. The summed E-state index contributed by atoms with van der Waals surface area (Å²) < 4.78 is 6.52. The highest BCUT2D eigenvalue weighted by Gasteiger charge is 2.18. The molecule has 7 heteroatoms. The molecule has 0 aliphatic heterocycles. The lowest BCUT2D eigenvalue weighted by molar-refractivity contribution is 0.673. The van der Waals surface area contributed by atoms with Crippen molar-refractivity contribution in [2.45, 2.75) is 0 Å². The molecule has 0 bridgehead atoms. The standard InChI is InChI=1S/C44H26N6O/c1-3-10-37-35(9-1)39-36(17-16-34-33-8-2-4-11-38(33)51-41(34)39)40(47-37)32-7-5-6-31(26-32)27-12-14-28(15-13-27)42-48-43(29-18-22-45-23-19-29)50-44(49-42)30-20-24-46-25-21-30/h1-26H. The van der Waals surface area contributed by atoms with Gasteiger partial charge in [0, 0.05) is 74.0 Å². The van der Waals surface area contributed by atoms with E-state index in [0.717, 1.165) is 82.7 Å².